The normalized spacial score (nSPS) is 14.3. The van der Waals surface area contributed by atoms with Gasteiger partial charge < -0.3 is 5.32 Å². The third-order valence-electron chi connectivity index (χ3n) is 5.77. The van der Waals surface area contributed by atoms with Crippen LogP contribution in [0.5, 0.6) is 0 Å². The van der Waals surface area contributed by atoms with E-state index in [1.807, 2.05) is 24.3 Å². The summed E-state index contributed by atoms with van der Waals surface area (Å²) in [5, 5.41) is 4.46. The number of para-hydroxylation sites is 1. The molecule has 1 N–H and O–H groups in total. The zero-order chi connectivity index (χ0) is 23.0. The first-order chi connectivity index (χ1) is 15.9. The van der Waals surface area contributed by atoms with Crippen LogP contribution in [0, 0.1) is 0 Å². The lowest BCUT2D eigenvalue weighted by molar-refractivity contribution is -0.113. The molecule has 0 unspecified atom stereocenters. The van der Waals surface area contributed by atoms with E-state index < -0.39 is 21.5 Å². The fourth-order valence-electron chi connectivity index (χ4n) is 4.07. The summed E-state index contributed by atoms with van der Waals surface area (Å²) in [5.41, 5.74) is 3.08. The number of nitrogens with one attached hydrogen (secondary N) is 1. The van der Waals surface area contributed by atoms with Crippen LogP contribution in [0.4, 0.5) is 5.00 Å². The van der Waals surface area contributed by atoms with E-state index in [-0.39, 0.29) is 4.90 Å². The Hall–Kier alpha value is -2.59. The van der Waals surface area contributed by atoms with Crippen molar-refractivity contribution in [3.8, 4) is 10.6 Å². The predicted octanol–water partition coefficient (Wildman–Crippen LogP) is 4.82. The number of rotatable bonds is 6. The molecule has 0 spiro atoms. The topological polar surface area (TPSA) is 79.4 Å². The van der Waals surface area contributed by atoms with Gasteiger partial charge in [0.1, 0.15) is 15.8 Å². The molecule has 6 nitrogen and oxygen atoms in total. The number of hydrogen-bond acceptors (Lipinski definition) is 7. The van der Waals surface area contributed by atoms with Gasteiger partial charge in [-0.1, -0.05) is 37.3 Å². The third kappa shape index (κ3) is 4.46. The van der Waals surface area contributed by atoms with Crippen molar-refractivity contribution in [1.29, 1.82) is 0 Å². The fourth-order valence-corrected chi connectivity index (χ4v) is 7.64. The highest BCUT2D eigenvalue weighted by molar-refractivity contribution is 7.92. The van der Waals surface area contributed by atoms with Gasteiger partial charge in [-0.25, -0.2) is 13.4 Å². The Bertz CT molecular complexity index is 1390. The predicted molar refractivity (Wildman–Crippen MR) is 135 cm³/mol. The quantitative estimate of drug-likeness (QED) is 0.413. The van der Waals surface area contributed by atoms with E-state index in [9.17, 15) is 13.2 Å². The zero-order valence-corrected chi connectivity index (χ0v) is 20.5. The summed E-state index contributed by atoms with van der Waals surface area (Å²) in [6, 6.07) is 16.1. The number of anilines is 1. The molecule has 0 saturated heterocycles. The Morgan fingerprint density at radius 3 is 2.61 bits per heavy atom. The summed E-state index contributed by atoms with van der Waals surface area (Å²) in [6.07, 6.45) is 0.878. The number of hydrogen-bond donors (Lipinski definition) is 1. The molecule has 4 aromatic rings. The lowest BCUT2D eigenvalue weighted by Crippen LogP contribution is -2.29. The molecule has 0 fully saturated rings. The maximum atomic E-state index is 12.9. The number of carbonyl (C=O) groups is 1. The van der Waals surface area contributed by atoms with E-state index in [2.05, 4.69) is 17.1 Å². The number of carbonyl (C=O) groups excluding carboxylic acids is 1. The highest BCUT2D eigenvalue weighted by Gasteiger charge is 2.28. The van der Waals surface area contributed by atoms with Gasteiger partial charge in [0.25, 0.3) is 0 Å². The van der Waals surface area contributed by atoms with E-state index in [1.165, 1.54) is 33.9 Å². The van der Waals surface area contributed by atoms with Gasteiger partial charge in [0.15, 0.2) is 9.84 Å². The lowest BCUT2D eigenvalue weighted by atomic mass is 10.0. The summed E-state index contributed by atoms with van der Waals surface area (Å²) >= 11 is 3.13. The highest BCUT2D eigenvalue weighted by Crippen LogP contribution is 2.45. The Balaban J connectivity index is 1.50. The van der Waals surface area contributed by atoms with E-state index in [0.29, 0.717) is 5.00 Å². The van der Waals surface area contributed by atoms with Crippen LogP contribution in [0.1, 0.15) is 17.4 Å². The van der Waals surface area contributed by atoms with Crippen molar-refractivity contribution in [2.24, 2.45) is 0 Å². The van der Waals surface area contributed by atoms with Crippen LogP contribution in [-0.2, 0) is 27.6 Å². The Labute approximate surface area is 200 Å². The largest absolute Gasteiger partial charge is 0.316 e. The van der Waals surface area contributed by atoms with E-state index in [4.69, 9.17) is 4.98 Å². The number of amides is 1. The van der Waals surface area contributed by atoms with Gasteiger partial charge in [0.2, 0.25) is 5.91 Å². The summed E-state index contributed by atoms with van der Waals surface area (Å²) in [5.74, 6) is -1.13. The second-order valence-electron chi connectivity index (χ2n) is 7.93. The van der Waals surface area contributed by atoms with Crippen molar-refractivity contribution in [2.45, 2.75) is 24.8 Å². The van der Waals surface area contributed by atoms with Gasteiger partial charge in [-0.2, -0.15) is 0 Å². The van der Waals surface area contributed by atoms with Crippen molar-refractivity contribution >= 4 is 53.6 Å². The molecular formula is C24H23N3O3S3. The van der Waals surface area contributed by atoms with Crippen molar-refractivity contribution in [3.05, 3.63) is 65.0 Å². The standard InChI is InChI=1S/C24H23N3O3S3/c1-2-27-13-12-17-20(14-27)32-24(22(17)23-25-18-10-6-7-11-19(18)31-23)26-21(28)15-33(29,30)16-8-4-3-5-9-16/h3-11H,2,12-15H2,1H3,(H,26,28). The van der Waals surface area contributed by atoms with Gasteiger partial charge in [-0.15, -0.1) is 22.7 Å². The maximum absolute atomic E-state index is 12.9. The van der Waals surface area contributed by atoms with Gasteiger partial charge >= 0.3 is 0 Å². The zero-order valence-electron chi connectivity index (χ0n) is 18.1. The number of thiazole rings is 1. The summed E-state index contributed by atoms with van der Waals surface area (Å²) in [4.78, 5) is 21.4. The molecule has 2 aromatic heterocycles. The Morgan fingerprint density at radius 1 is 1.09 bits per heavy atom. The van der Waals surface area contributed by atoms with Crippen molar-refractivity contribution < 1.29 is 13.2 Å². The van der Waals surface area contributed by atoms with E-state index in [1.54, 1.807) is 29.5 Å². The monoisotopic (exact) mass is 497 g/mol. The van der Waals surface area contributed by atoms with Gasteiger partial charge in [-0.05, 0) is 42.8 Å². The van der Waals surface area contributed by atoms with Crippen molar-refractivity contribution in [1.82, 2.24) is 9.88 Å². The minimum Gasteiger partial charge on any atom is -0.316 e. The molecule has 3 heterocycles. The highest BCUT2D eigenvalue weighted by atomic mass is 32.2. The molecule has 9 heteroatoms. The Morgan fingerprint density at radius 2 is 1.85 bits per heavy atom. The number of benzene rings is 2. The molecule has 0 bridgehead atoms. The first-order valence-corrected chi connectivity index (χ1v) is 14.0. The second kappa shape index (κ2) is 8.98. The van der Waals surface area contributed by atoms with Crippen LogP contribution < -0.4 is 5.32 Å². The van der Waals surface area contributed by atoms with E-state index >= 15 is 0 Å². The minimum atomic E-state index is -3.72. The fraction of sp³-hybridized carbons (Fsp3) is 0.250. The van der Waals surface area contributed by atoms with Crippen LogP contribution in [0.25, 0.3) is 20.8 Å². The van der Waals surface area contributed by atoms with Crippen LogP contribution in [0.3, 0.4) is 0 Å². The van der Waals surface area contributed by atoms with Gasteiger partial charge in [0.05, 0.1) is 15.1 Å². The number of nitrogens with zero attached hydrogens (tertiary/aromatic N) is 2. The molecule has 33 heavy (non-hydrogen) atoms. The van der Waals surface area contributed by atoms with E-state index in [0.717, 1.165) is 46.8 Å². The second-order valence-corrected chi connectivity index (χ2v) is 12.1. The number of sulfone groups is 1. The van der Waals surface area contributed by atoms with Crippen LogP contribution in [-0.4, -0.2) is 43.1 Å². The summed E-state index contributed by atoms with van der Waals surface area (Å²) in [6.45, 7) is 4.88. The molecule has 1 aliphatic rings. The number of likely N-dealkylation sites (N-methyl/N-ethyl adjacent to an activating group) is 1. The molecule has 0 radical (unpaired) electrons. The molecular weight excluding hydrogens is 474 g/mol. The summed E-state index contributed by atoms with van der Waals surface area (Å²) < 4.78 is 26.5. The SMILES string of the molecule is CCN1CCc2c(sc(NC(=O)CS(=O)(=O)c3ccccc3)c2-c2nc3ccccc3s2)C1. The van der Waals surface area contributed by atoms with Gasteiger partial charge in [0, 0.05) is 23.5 Å². The van der Waals surface area contributed by atoms with Crippen LogP contribution >= 0.6 is 22.7 Å². The molecule has 0 aliphatic carbocycles. The molecule has 5 rings (SSSR count). The minimum absolute atomic E-state index is 0.149. The third-order valence-corrected chi connectivity index (χ3v) is 9.59. The Kier molecular flexibility index (Phi) is 6.05. The molecule has 1 amide bonds. The maximum Gasteiger partial charge on any atom is 0.240 e. The van der Waals surface area contributed by atoms with Crippen LogP contribution in [0.15, 0.2) is 59.5 Å². The molecule has 170 valence electrons. The number of thiophene rings is 1. The first kappa shape index (κ1) is 22.2. The average molecular weight is 498 g/mol. The number of aromatic nitrogens is 1. The number of fused-ring (bicyclic) bond motifs is 2. The average Bonchev–Trinajstić information content (AvgIpc) is 3.39. The molecule has 0 atom stereocenters. The molecule has 2 aromatic carbocycles. The van der Waals surface area contributed by atoms with Crippen LogP contribution in [0.2, 0.25) is 0 Å². The van der Waals surface area contributed by atoms with Gasteiger partial charge in [-0.3, -0.25) is 9.69 Å². The van der Waals surface area contributed by atoms with Crippen molar-refractivity contribution in [2.75, 3.05) is 24.2 Å². The molecule has 1 aliphatic heterocycles. The summed E-state index contributed by atoms with van der Waals surface area (Å²) in [7, 11) is -3.72. The van der Waals surface area contributed by atoms with Crippen molar-refractivity contribution in [3.63, 3.8) is 0 Å². The smallest absolute Gasteiger partial charge is 0.240 e. The lowest BCUT2D eigenvalue weighted by Gasteiger charge is -2.25. The first-order valence-electron chi connectivity index (χ1n) is 10.7. The molecule has 0 saturated carbocycles.